The van der Waals surface area contributed by atoms with Crippen molar-refractivity contribution in [3.63, 3.8) is 0 Å². The summed E-state index contributed by atoms with van der Waals surface area (Å²) in [5.74, 6) is 1.76. The van der Waals surface area contributed by atoms with E-state index in [1.165, 1.54) is 5.57 Å². The molecule has 0 bridgehead atoms. The predicted octanol–water partition coefficient (Wildman–Crippen LogP) is 2.83. The molecule has 1 aliphatic carbocycles. The van der Waals surface area contributed by atoms with Crippen LogP contribution in [-0.4, -0.2) is 23.2 Å². The van der Waals surface area contributed by atoms with Gasteiger partial charge in [0.15, 0.2) is 0 Å². The highest BCUT2D eigenvalue weighted by molar-refractivity contribution is 5.77. The van der Waals surface area contributed by atoms with E-state index in [4.69, 9.17) is 0 Å². The standard InChI is InChI=1S/C14H22N2O/c1-9-7-10(2)14(11(3)8-9)13-5-6-15-16(13)12(4)17/h6-7,10-11,13-14H,5,8H2,1-4H3/t10-,11-,13-,14-/m0/s1. The first-order valence-corrected chi connectivity index (χ1v) is 6.50. The zero-order valence-corrected chi connectivity index (χ0v) is 11.2. The van der Waals surface area contributed by atoms with E-state index in [0.29, 0.717) is 17.8 Å². The van der Waals surface area contributed by atoms with E-state index >= 15 is 0 Å². The second-order valence-corrected chi connectivity index (χ2v) is 5.60. The lowest BCUT2D eigenvalue weighted by Crippen LogP contribution is -2.43. The van der Waals surface area contributed by atoms with Crippen LogP contribution in [0.3, 0.4) is 0 Å². The van der Waals surface area contributed by atoms with Crippen LogP contribution in [0.1, 0.15) is 40.5 Å². The lowest BCUT2D eigenvalue weighted by atomic mass is 9.70. The quantitative estimate of drug-likeness (QED) is 0.642. The van der Waals surface area contributed by atoms with Gasteiger partial charge in [-0.25, -0.2) is 5.01 Å². The summed E-state index contributed by atoms with van der Waals surface area (Å²) in [6.45, 7) is 8.38. The number of hydrogen-bond donors (Lipinski definition) is 0. The van der Waals surface area contributed by atoms with E-state index in [1.807, 2.05) is 6.21 Å². The van der Waals surface area contributed by atoms with Crippen molar-refractivity contribution in [1.29, 1.82) is 0 Å². The van der Waals surface area contributed by atoms with Crippen LogP contribution in [0.4, 0.5) is 0 Å². The summed E-state index contributed by atoms with van der Waals surface area (Å²) in [4.78, 5) is 11.6. The van der Waals surface area contributed by atoms with Crippen LogP contribution in [0.2, 0.25) is 0 Å². The maximum atomic E-state index is 11.6. The number of carbonyl (C=O) groups is 1. The lowest BCUT2D eigenvalue weighted by Gasteiger charge is -2.39. The molecule has 17 heavy (non-hydrogen) atoms. The fraction of sp³-hybridized carbons (Fsp3) is 0.714. The molecule has 1 aliphatic heterocycles. The number of rotatable bonds is 1. The van der Waals surface area contributed by atoms with Crippen LogP contribution in [0.15, 0.2) is 16.8 Å². The maximum Gasteiger partial charge on any atom is 0.239 e. The van der Waals surface area contributed by atoms with E-state index in [1.54, 1.807) is 11.9 Å². The molecule has 2 rings (SSSR count). The van der Waals surface area contributed by atoms with Crippen LogP contribution in [0.25, 0.3) is 0 Å². The van der Waals surface area contributed by atoms with Crippen molar-refractivity contribution in [2.75, 3.05) is 0 Å². The molecule has 0 unspecified atom stereocenters. The van der Waals surface area contributed by atoms with E-state index in [-0.39, 0.29) is 11.9 Å². The molecule has 3 heteroatoms. The van der Waals surface area contributed by atoms with Gasteiger partial charge in [-0.15, -0.1) is 0 Å². The Morgan fingerprint density at radius 2 is 2.18 bits per heavy atom. The fourth-order valence-corrected chi connectivity index (χ4v) is 3.58. The Labute approximate surface area is 104 Å². The minimum atomic E-state index is 0.0643. The number of allylic oxidation sites excluding steroid dienone is 2. The average molecular weight is 234 g/mol. The highest BCUT2D eigenvalue weighted by Crippen LogP contribution is 2.39. The van der Waals surface area contributed by atoms with E-state index in [9.17, 15) is 4.79 Å². The molecule has 1 amide bonds. The Hall–Kier alpha value is -1.12. The number of hydrogen-bond acceptors (Lipinski definition) is 2. The molecule has 4 atom stereocenters. The minimum Gasteiger partial charge on any atom is -0.273 e. The first kappa shape index (κ1) is 12.3. The topological polar surface area (TPSA) is 32.7 Å². The Bertz CT molecular complexity index is 372. The fourth-order valence-electron chi connectivity index (χ4n) is 3.58. The summed E-state index contributed by atoms with van der Waals surface area (Å²) >= 11 is 0. The molecule has 0 aromatic heterocycles. The molecule has 0 fully saturated rings. The van der Waals surface area contributed by atoms with Crippen molar-refractivity contribution in [3.8, 4) is 0 Å². The van der Waals surface area contributed by atoms with Crippen molar-refractivity contribution >= 4 is 12.1 Å². The van der Waals surface area contributed by atoms with Gasteiger partial charge in [-0.1, -0.05) is 25.5 Å². The van der Waals surface area contributed by atoms with Gasteiger partial charge in [-0.2, -0.15) is 5.10 Å². The second-order valence-electron chi connectivity index (χ2n) is 5.60. The number of hydrazone groups is 1. The van der Waals surface area contributed by atoms with Crippen LogP contribution < -0.4 is 0 Å². The molecule has 0 aromatic rings. The molecular weight excluding hydrogens is 212 g/mol. The van der Waals surface area contributed by atoms with Gasteiger partial charge in [0.2, 0.25) is 5.91 Å². The number of carbonyl (C=O) groups excluding carboxylic acids is 1. The molecule has 0 saturated carbocycles. The summed E-state index contributed by atoms with van der Waals surface area (Å²) in [5, 5.41) is 5.90. The number of nitrogens with zero attached hydrogens (tertiary/aromatic N) is 2. The third kappa shape index (κ3) is 2.28. The first-order valence-electron chi connectivity index (χ1n) is 6.50. The van der Waals surface area contributed by atoms with E-state index in [2.05, 4.69) is 31.9 Å². The maximum absolute atomic E-state index is 11.6. The second kappa shape index (κ2) is 4.63. The van der Waals surface area contributed by atoms with E-state index < -0.39 is 0 Å². The van der Waals surface area contributed by atoms with Crippen molar-refractivity contribution in [1.82, 2.24) is 5.01 Å². The lowest BCUT2D eigenvalue weighted by molar-refractivity contribution is -0.132. The predicted molar refractivity (Wildman–Crippen MR) is 69.6 cm³/mol. The minimum absolute atomic E-state index is 0.0643. The van der Waals surface area contributed by atoms with E-state index in [0.717, 1.165) is 12.8 Å². The highest BCUT2D eigenvalue weighted by Gasteiger charge is 2.39. The Morgan fingerprint density at radius 3 is 2.76 bits per heavy atom. The van der Waals surface area contributed by atoms with Crippen molar-refractivity contribution in [3.05, 3.63) is 11.6 Å². The summed E-state index contributed by atoms with van der Waals surface area (Å²) in [7, 11) is 0. The van der Waals surface area contributed by atoms with Crippen LogP contribution in [0.5, 0.6) is 0 Å². The molecule has 1 heterocycles. The zero-order chi connectivity index (χ0) is 12.6. The molecule has 0 N–H and O–H groups in total. The van der Waals surface area contributed by atoms with Gasteiger partial charge in [0.25, 0.3) is 0 Å². The van der Waals surface area contributed by atoms with Crippen LogP contribution in [-0.2, 0) is 4.79 Å². The van der Waals surface area contributed by atoms with Gasteiger partial charge in [0.05, 0.1) is 6.04 Å². The van der Waals surface area contributed by atoms with Crippen LogP contribution in [0, 0.1) is 17.8 Å². The first-order chi connectivity index (χ1) is 8.00. The summed E-state index contributed by atoms with van der Waals surface area (Å²) in [6, 6.07) is 0.266. The molecule has 94 valence electrons. The summed E-state index contributed by atoms with van der Waals surface area (Å²) in [6.07, 6.45) is 6.31. The van der Waals surface area contributed by atoms with Crippen molar-refractivity contribution in [2.45, 2.75) is 46.6 Å². The van der Waals surface area contributed by atoms with Gasteiger partial charge in [-0.3, -0.25) is 4.79 Å². The third-order valence-corrected chi connectivity index (χ3v) is 4.09. The Kier molecular flexibility index (Phi) is 3.36. The molecule has 0 aromatic carbocycles. The molecular formula is C14H22N2O. The average Bonchev–Trinajstić information content (AvgIpc) is 2.64. The van der Waals surface area contributed by atoms with Gasteiger partial charge in [0.1, 0.15) is 0 Å². The molecule has 2 aliphatic rings. The monoisotopic (exact) mass is 234 g/mol. The highest BCUT2D eigenvalue weighted by atomic mass is 16.2. The normalized spacial score (nSPS) is 37.2. The molecule has 0 saturated heterocycles. The molecule has 0 spiro atoms. The number of amides is 1. The third-order valence-electron chi connectivity index (χ3n) is 4.09. The summed E-state index contributed by atoms with van der Waals surface area (Å²) in [5.41, 5.74) is 1.48. The zero-order valence-electron chi connectivity index (χ0n) is 11.2. The van der Waals surface area contributed by atoms with Gasteiger partial charge >= 0.3 is 0 Å². The van der Waals surface area contributed by atoms with Gasteiger partial charge < -0.3 is 0 Å². The molecule has 3 nitrogen and oxygen atoms in total. The Balaban J connectivity index is 2.20. The largest absolute Gasteiger partial charge is 0.273 e. The smallest absolute Gasteiger partial charge is 0.239 e. The SMILES string of the molecule is CC(=O)N1N=CC[C@H]1[C@H]1[C@@H](C)C=C(C)C[C@@H]1C. The van der Waals surface area contributed by atoms with Crippen molar-refractivity contribution in [2.24, 2.45) is 22.9 Å². The summed E-state index contributed by atoms with van der Waals surface area (Å²) < 4.78 is 0. The van der Waals surface area contributed by atoms with Gasteiger partial charge in [-0.05, 0) is 31.1 Å². The van der Waals surface area contributed by atoms with Crippen LogP contribution >= 0.6 is 0 Å². The molecule has 0 radical (unpaired) electrons. The van der Waals surface area contributed by atoms with Crippen molar-refractivity contribution < 1.29 is 4.79 Å². The Morgan fingerprint density at radius 1 is 1.47 bits per heavy atom. The van der Waals surface area contributed by atoms with Gasteiger partial charge in [0, 0.05) is 19.6 Å².